The lowest BCUT2D eigenvalue weighted by Gasteiger charge is -2.06. The van der Waals surface area contributed by atoms with Gasteiger partial charge in [-0.25, -0.2) is 0 Å². The third-order valence-corrected chi connectivity index (χ3v) is 2.32. The fraction of sp³-hybridized carbons (Fsp3) is 0.455. The Kier molecular flexibility index (Phi) is 2.23. The van der Waals surface area contributed by atoms with Crippen molar-refractivity contribution in [2.45, 2.75) is 25.8 Å². The van der Waals surface area contributed by atoms with Crippen LogP contribution in [0.2, 0.25) is 0 Å². The first kappa shape index (κ1) is 8.57. The molecule has 0 saturated carbocycles. The van der Waals surface area contributed by atoms with Gasteiger partial charge < -0.3 is 10.5 Å². The van der Waals surface area contributed by atoms with E-state index < -0.39 is 0 Å². The molecule has 0 amide bonds. The van der Waals surface area contributed by atoms with Crippen molar-refractivity contribution in [1.29, 1.82) is 0 Å². The first-order chi connectivity index (χ1) is 6.25. The van der Waals surface area contributed by atoms with E-state index in [9.17, 15) is 0 Å². The van der Waals surface area contributed by atoms with Gasteiger partial charge in [0.25, 0.3) is 0 Å². The summed E-state index contributed by atoms with van der Waals surface area (Å²) in [6, 6.07) is 6.64. The minimum atomic E-state index is 0.222. The van der Waals surface area contributed by atoms with Crippen LogP contribution in [-0.2, 0) is 12.8 Å². The summed E-state index contributed by atoms with van der Waals surface area (Å²) in [5.74, 6) is 1.05. The highest BCUT2D eigenvalue weighted by atomic mass is 16.5. The van der Waals surface area contributed by atoms with E-state index in [0.717, 1.165) is 25.2 Å². The van der Waals surface area contributed by atoms with Gasteiger partial charge in [-0.2, -0.15) is 0 Å². The second-order valence-corrected chi connectivity index (χ2v) is 3.72. The Balaban J connectivity index is 2.21. The Morgan fingerprint density at radius 1 is 1.54 bits per heavy atom. The van der Waals surface area contributed by atoms with Crippen LogP contribution < -0.4 is 10.5 Å². The summed E-state index contributed by atoms with van der Waals surface area (Å²) in [5.41, 5.74) is 8.33. The van der Waals surface area contributed by atoms with E-state index in [1.807, 2.05) is 6.92 Å². The maximum Gasteiger partial charge on any atom is 0.122 e. The standard InChI is InChI=1S/C11H15NO/c1-8(12)6-9-2-3-10-4-5-13-11(10)7-9/h2-3,7-8H,4-6,12H2,1H3/t8-/m0/s1. The molecule has 2 N–H and O–H groups in total. The topological polar surface area (TPSA) is 35.2 Å². The van der Waals surface area contributed by atoms with Crippen molar-refractivity contribution in [1.82, 2.24) is 0 Å². The monoisotopic (exact) mass is 177 g/mol. The first-order valence-electron chi connectivity index (χ1n) is 4.76. The molecule has 0 radical (unpaired) electrons. The van der Waals surface area contributed by atoms with Gasteiger partial charge in [-0.05, 0) is 30.5 Å². The molecule has 70 valence electrons. The van der Waals surface area contributed by atoms with Crippen LogP contribution in [0.4, 0.5) is 0 Å². The first-order valence-corrected chi connectivity index (χ1v) is 4.76. The SMILES string of the molecule is C[C@H](N)Cc1ccc2c(c1)OCC2. The Morgan fingerprint density at radius 3 is 3.15 bits per heavy atom. The van der Waals surface area contributed by atoms with Gasteiger partial charge in [-0.15, -0.1) is 0 Å². The lowest BCUT2D eigenvalue weighted by Crippen LogP contribution is -2.17. The molecular formula is C11H15NO. The Bertz CT molecular complexity index is 307. The highest BCUT2D eigenvalue weighted by Gasteiger charge is 2.12. The van der Waals surface area contributed by atoms with Gasteiger partial charge in [0.15, 0.2) is 0 Å². The van der Waals surface area contributed by atoms with Crippen molar-refractivity contribution in [3.05, 3.63) is 29.3 Å². The van der Waals surface area contributed by atoms with Gasteiger partial charge in [-0.3, -0.25) is 0 Å². The molecular weight excluding hydrogens is 162 g/mol. The summed E-state index contributed by atoms with van der Waals surface area (Å²) in [5, 5.41) is 0. The van der Waals surface area contributed by atoms with E-state index in [4.69, 9.17) is 10.5 Å². The number of nitrogens with two attached hydrogens (primary N) is 1. The van der Waals surface area contributed by atoms with E-state index in [1.54, 1.807) is 0 Å². The molecule has 0 aromatic heterocycles. The normalized spacial score (nSPS) is 16.5. The maximum absolute atomic E-state index is 5.73. The Morgan fingerprint density at radius 2 is 2.38 bits per heavy atom. The summed E-state index contributed by atoms with van der Waals surface area (Å²) in [7, 11) is 0. The maximum atomic E-state index is 5.73. The zero-order valence-corrected chi connectivity index (χ0v) is 7.92. The van der Waals surface area contributed by atoms with Crippen molar-refractivity contribution < 1.29 is 4.74 Å². The van der Waals surface area contributed by atoms with Crippen LogP contribution in [0.15, 0.2) is 18.2 Å². The predicted molar refractivity (Wildman–Crippen MR) is 53.0 cm³/mol. The van der Waals surface area contributed by atoms with Crippen LogP contribution in [0.1, 0.15) is 18.1 Å². The highest BCUT2D eigenvalue weighted by molar-refractivity contribution is 5.40. The minimum Gasteiger partial charge on any atom is -0.493 e. The molecule has 1 aromatic rings. The van der Waals surface area contributed by atoms with E-state index >= 15 is 0 Å². The van der Waals surface area contributed by atoms with Gasteiger partial charge in [0.1, 0.15) is 5.75 Å². The van der Waals surface area contributed by atoms with Gasteiger partial charge >= 0.3 is 0 Å². The number of ether oxygens (including phenoxy) is 1. The zero-order chi connectivity index (χ0) is 9.26. The van der Waals surface area contributed by atoms with Crippen LogP contribution in [0.5, 0.6) is 5.75 Å². The van der Waals surface area contributed by atoms with Crippen LogP contribution in [0.25, 0.3) is 0 Å². The van der Waals surface area contributed by atoms with E-state index in [0.29, 0.717) is 0 Å². The third-order valence-electron chi connectivity index (χ3n) is 2.32. The third kappa shape index (κ3) is 1.83. The Hall–Kier alpha value is -1.02. The number of fused-ring (bicyclic) bond motifs is 1. The molecule has 1 atom stereocenters. The molecule has 0 spiro atoms. The fourth-order valence-corrected chi connectivity index (χ4v) is 1.71. The predicted octanol–water partition coefficient (Wildman–Crippen LogP) is 1.51. The summed E-state index contributed by atoms with van der Waals surface area (Å²) < 4.78 is 5.48. The molecule has 1 aromatic carbocycles. The van der Waals surface area contributed by atoms with Gasteiger partial charge in [0, 0.05) is 12.5 Å². The second-order valence-electron chi connectivity index (χ2n) is 3.72. The van der Waals surface area contributed by atoms with Crippen molar-refractivity contribution in [3.63, 3.8) is 0 Å². The molecule has 2 heteroatoms. The van der Waals surface area contributed by atoms with Crippen LogP contribution in [0, 0.1) is 0 Å². The number of benzene rings is 1. The minimum absolute atomic E-state index is 0.222. The average molecular weight is 177 g/mol. The van der Waals surface area contributed by atoms with Crippen molar-refractivity contribution in [2.75, 3.05) is 6.61 Å². The molecule has 0 unspecified atom stereocenters. The van der Waals surface area contributed by atoms with E-state index in [2.05, 4.69) is 18.2 Å². The second kappa shape index (κ2) is 3.38. The molecule has 0 bridgehead atoms. The Labute approximate surface area is 78.7 Å². The fourth-order valence-electron chi connectivity index (χ4n) is 1.71. The lowest BCUT2D eigenvalue weighted by atomic mass is 10.0. The average Bonchev–Trinajstić information content (AvgIpc) is 2.49. The van der Waals surface area contributed by atoms with Crippen LogP contribution >= 0.6 is 0 Å². The van der Waals surface area contributed by atoms with E-state index in [-0.39, 0.29) is 6.04 Å². The van der Waals surface area contributed by atoms with Crippen molar-refractivity contribution >= 4 is 0 Å². The molecule has 0 aliphatic carbocycles. The largest absolute Gasteiger partial charge is 0.493 e. The van der Waals surface area contributed by atoms with E-state index in [1.165, 1.54) is 11.1 Å². The lowest BCUT2D eigenvalue weighted by molar-refractivity contribution is 0.356. The smallest absolute Gasteiger partial charge is 0.122 e. The van der Waals surface area contributed by atoms with Gasteiger partial charge in [0.2, 0.25) is 0 Å². The van der Waals surface area contributed by atoms with Crippen LogP contribution in [0.3, 0.4) is 0 Å². The quantitative estimate of drug-likeness (QED) is 0.743. The summed E-state index contributed by atoms with van der Waals surface area (Å²) in [6.45, 7) is 2.85. The highest BCUT2D eigenvalue weighted by Crippen LogP contribution is 2.26. The summed E-state index contributed by atoms with van der Waals surface area (Å²) >= 11 is 0. The van der Waals surface area contributed by atoms with Crippen molar-refractivity contribution in [3.8, 4) is 5.75 Å². The summed E-state index contributed by atoms with van der Waals surface area (Å²) in [4.78, 5) is 0. The molecule has 2 rings (SSSR count). The molecule has 1 aliphatic heterocycles. The molecule has 0 fully saturated rings. The molecule has 1 aliphatic rings. The van der Waals surface area contributed by atoms with Crippen molar-refractivity contribution in [2.24, 2.45) is 5.73 Å². The van der Waals surface area contributed by atoms with Gasteiger partial charge in [-0.1, -0.05) is 12.1 Å². The van der Waals surface area contributed by atoms with Crippen LogP contribution in [-0.4, -0.2) is 12.6 Å². The molecule has 13 heavy (non-hydrogen) atoms. The zero-order valence-electron chi connectivity index (χ0n) is 7.92. The number of rotatable bonds is 2. The molecule has 2 nitrogen and oxygen atoms in total. The molecule has 0 saturated heterocycles. The summed E-state index contributed by atoms with van der Waals surface area (Å²) in [6.07, 6.45) is 1.98. The molecule has 1 heterocycles. The number of hydrogen-bond donors (Lipinski definition) is 1. The van der Waals surface area contributed by atoms with Gasteiger partial charge in [0.05, 0.1) is 6.61 Å². The number of hydrogen-bond acceptors (Lipinski definition) is 2.